The molecule has 0 radical (unpaired) electrons. The Labute approximate surface area is 123 Å². The molecule has 0 unspecified atom stereocenters. The number of hydrogen-bond donors (Lipinski definition) is 2. The van der Waals surface area contributed by atoms with Crippen molar-refractivity contribution in [3.8, 4) is 0 Å². The molecule has 2 N–H and O–H groups in total. The molecular weight excluding hydrogens is 295 g/mol. The lowest BCUT2D eigenvalue weighted by Crippen LogP contribution is -2.09. The highest BCUT2D eigenvalue weighted by molar-refractivity contribution is 7.09. The second kappa shape index (κ2) is 6.27. The van der Waals surface area contributed by atoms with E-state index in [1.165, 1.54) is 23.5 Å². The van der Waals surface area contributed by atoms with Gasteiger partial charge in [-0.25, -0.2) is 14.2 Å². The van der Waals surface area contributed by atoms with Gasteiger partial charge in [0.05, 0.1) is 16.3 Å². The Balaban J connectivity index is 2.04. The van der Waals surface area contributed by atoms with Crippen LogP contribution in [0.2, 0.25) is 0 Å². The topological polar surface area (TPSA) is 79.3 Å². The summed E-state index contributed by atoms with van der Waals surface area (Å²) in [4.78, 5) is 26.5. The first-order valence-electron chi connectivity index (χ1n) is 5.90. The molecule has 2 rings (SSSR count). The fourth-order valence-electron chi connectivity index (χ4n) is 1.57. The highest BCUT2D eigenvalue weighted by Gasteiger charge is 2.10. The quantitative estimate of drug-likeness (QED) is 0.851. The minimum absolute atomic E-state index is 0.182. The Morgan fingerprint density at radius 2 is 2.19 bits per heavy atom. The van der Waals surface area contributed by atoms with Gasteiger partial charge in [0, 0.05) is 17.1 Å². The molecule has 0 saturated carbocycles. The lowest BCUT2D eigenvalue weighted by molar-refractivity contribution is -0.111. The van der Waals surface area contributed by atoms with Crippen molar-refractivity contribution in [2.24, 2.45) is 0 Å². The maximum atomic E-state index is 13.4. The van der Waals surface area contributed by atoms with E-state index in [4.69, 9.17) is 5.11 Å². The van der Waals surface area contributed by atoms with Gasteiger partial charge in [-0.3, -0.25) is 4.79 Å². The molecular formula is C14H11FN2O3S. The maximum absolute atomic E-state index is 13.4. The SMILES string of the molecule is Cc1nc(/C=C/C(=O)Nc2ccc(C(=O)O)c(F)c2)cs1. The monoisotopic (exact) mass is 306 g/mol. The van der Waals surface area contributed by atoms with Gasteiger partial charge in [0.25, 0.3) is 0 Å². The average molecular weight is 306 g/mol. The Morgan fingerprint density at radius 3 is 2.76 bits per heavy atom. The van der Waals surface area contributed by atoms with Gasteiger partial charge in [-0.15, -0.1) is 11.3 Å². The third-order valence-electron chi connectivity index (χ3n) is 2.51. The van der Waals surface area contributed by atoms with E-state index in [1.54, 1.807) is 11.5 Å². The highest BCUT2D eigenvalue weighted by Crippen LogP contribution is 2.15. The largest absolute Gasteiger partial charge is 0.478 e. The number of amides is 1. The molecule has 0 saturated heterocycles. The van der Waals surface area contributed by atoms with Gasteiger partial charge in [-0.05, 0) is 31.2 Å². The predicted octanol–water partition coefficient (Wildman–Crippen LogP) is 2.94. The number of carbonyl (C=O) groups excluding carboxylic acids is 1. The molecule has 1 heterocycles. The Morgan fingerprint density at radius 1 is 1.43 bits per heavy atom. The Kier molecular flexibility index (Phi) is 4.44. The molecule has 0 spiro atoms. The summed E-state index contributed by atoms with van der Waals surface area (Å²) in [5, 5.41) is 13.8. The second-order valence-electron chi connectivity index (χ2n) is 4.11. The first-order chi connectivity index (χ1) is 9.95. The average Bonchev–Trinajstić information content (AvgIpc) is 2.82. The fraction of sp³-hybridized carbons (Fsp3) is 0.0714. The van der Waals surface area contributed by atoms with E-state index in [1.807, 2.05) is 6.92 Å². The van der Waals surface area contributed by atoms with Crippen LogP contribution in [0, 0.1) is 12.7 Å². The van der Waals surface area contributed by atoms with Gasteiger partial charge >= 0.3 is 5.97 Å². The van der Waals surface area contributed by atoms with E-state index >= 15 is 0 Å². The van der Waals surface area contributed by atoms with Crippen molar-refractivity contribution in [1.82, 2.24) is 4.98 Å². The van der Waals surface area contributed by atoms with E-state index in [-0.39, 0.29) is 5.69 Å². The van der Waals surface area contributed by atoms with E-state index in [2.05, 4.69) is 10.3 Å². The molecule has 1 aromatic carbocycles. The number of benzene rings is 1. The number of carbonyl (C=O) groups is 2. The number of aromatic nitrogens is 1. The van der Waals surface area contributed by atoms with E-state index < -0.39 is 23.3 Å². The number of aryl methyl sites for hydroxylation is 1. The van der Waals surface area contributed by atoms with Gasteiger partial charge in [0.15, 0.2) is 0 Å². The number of carboxylic acid groups (broad SMARTS) is 1. The van der Waals surface area contributed by atoms with Gasteiger partial charge in [0.2, 0.25) is 5.91 Å². The standard InChI is InChI=1S/C14H11FN2O3S/c1-8-16-10(7-21-8)3-5-13(18)17-9-2-4-11(14(19)20)12(15)6-9/h2-7H,1H3,(H,17,18)(H,19,20)/b5-3+. The van der Waals surface area contributed by atoms with E-state index in [9.17, 15) is 14.0 Å². The van der Waals surface area contributed by atoms with Crippen molar-refractivity contribution in [2.75, 3.05) is 5.32 Å². The minimum atomic E-state index is -1.36. The highest BCUT2D eigenvalue weighted by atomic mass is 32.1. The van der Waals surface area contributed by atoms with E-state index in [0.29, 0.717) is 5.69 Å². The van der Waals surface area contributed by atoms with Crippen LogP contribution in [-0.2, 0) is 4.79 Å². The van der Waals surface area contributed by atoms with Crippen molar-refractivity contribution in [1.29, 1.82) is 0 Å². The van der Waals surface area contributed by atoms with Crippen LogP contribution >= 0.6 is 11.3 Å². The fourth-order valence-corrected chi connectivity index (χ4v) is 2.15. The third kappa shape index (κ3) is 3.96. The number of aromatic carboxylic acids is 1. The molecule has 0 aliphatic carbocycles. The van der Waals surface area contributed by atoms with Crippen LogP contribution in [0.1, 0.15) is 21.1 Å². The number of thiazole rings is 1. The maximum Gasteiger partial charge on any atom is 0.338 e. The Bertz CT molecular complexity index is 725. The number of halogens is 1. The first kappa shape index (κ1) is 14.9. The molecule has 0 fully saturated rings. The molecule has 0 atom stereocenters. The van der Waals surface area contributed by atoms with Gasteiger partial charge in [-0.2, -0.15) is 0 Å². The summed E-state index contributed by atoms with van der Waals surface area (Å²) in [5.41, 5.74) is 0.406. The van der Waals surface area contributed by atoms with Crippen LogP contribution in [0.5, 0.6) is 0 Å². The van der Waals surface area contributed by atoms with Crippen molar-refractivity contribution in [3.05, 3.63) is 51.7 Å². The summed E-state index contributed by atoms with van der Waals surface area (Å²) in [6, 6.07) is 3.38. The summed E-state index contributed by atoms with van der Waals surface area (Å²) >= 11 is 1.47. The summed E-state index contributed by atoms with van der Waals surface area (Å²) in [5.74, 6) is -2.72. The van der Waals surface area contributed by atoms with Crippen LogP contribution in [0.3, 0.4) is 0 Å². The second-order valence-corrected chi connectivity index (χ2v) is 5.18. The first-order valence-corrected chi connectivity index (χ1v) is 6.77. The zero-order valence-electron chi connectivity index (χ0n) is 11.0. The molecule has 0 bridgehead atoms. The third-order valence-corrected chi connectivity index (χ3v) is 3.30. The molecule has 108 valence electrons. The molecule has 0 aliphatic heterocycles. The smallest absolute Gasteiger partial charge is 0.338 e. The lowest BCUT2D eigenvalue weighted by atomic mass is 10.2. The number of hydrogen-bond acceptors (Lipinski definition) is 4. The van der Waals surface area contributed by atoms with Gasteiger partial charge in [-0.1, -0.05) is 0 Å². The molecule has 1 amide bonds. The van der Waals surface area contributed by atoms with Crippen LogP contribution < -0.4 is 5.32 Å². The van der Waals surface area contributed by atoms with Crippen LogP contribution in [0.15, 0.2) is 29.7 Å². The lowest BCUT2D eigenvalue weighted by Gasteiger charge is -2.03. The van der Waals surface area contributed by atoms with Crippen LogP contribution in [0.4, 0.5) is 10.1 Å². The number of anilines is 1. The molecule has 5 nitrogen and oxygen atoms in total. The van der Waals surface area contributed by atoms with Crippen molar-refractivity contribution < 1.29 is 19.1 Å². The van der Waals surface area contributed by atoms with Crippen molar-refractivity contribution >= 4 is 35.0 Å². The number of nitrogens with zero attached hydrogens (tertiary/aromatic N) is 1. The summed E-state index contributed by atoms with van der Waals surface area (Å²) in [6.45, 7) is 1.86. The molecule has 0 aliphatic rings. The Hall–Kier alpha value is -2.54. The molecule has 2 aromatic rings. The van der Waals surface area contributed by atoms with Crippen LogP contribution in [0.25, 0.3) is 6.08 Å². The van der Waals surface area contributed by atoms with Crippen LogP contribution in [-0.4, -0.2) is 22.0 Å². The zero-order chi connectivity index (χ0) is 15.4. The molecule has 21 heavy (non-hydrogen) atoms. The normalized spacial score (nSPS) is 10.8. The number of carboxylic acids is 1. The van der Waals surface area contributed by atoms with Crippen molar-refractivity contribution in [2.45, 2.75) is 6.92 Å². The van der Waals surface area contributed by atoms with Gasteiger partial charge < -0.3 is 10.4 Å². The number of nitrogens with one attached hydrogen (secondary N) is 1. The minimum Gasteiger partial charge on any atom is -0.478 e. The van der Waals surface area contributed by atoms with E-state index in [0.717, 1.165) is 17.1 Å². The summed E-state index contributed by atoms with van der Waals surface area (Å²) < 4.78 is 13.4. The summed E-state index contributed by atoms with van der Waals surface area (Å²) in [6.07, 6.45) is 2.82. The number of rotatable bonds is 4. The van der Waals surface area contributed by atoms with Crippen molar-refractivity contribution in [3.63, 3.8) is 0 Å². The predicted molar refractivity (Wildman–Crippen MR) is 77.9 cm³/mol. The van der Waals surface area contributed by atoms with Gasteiger partial charge in [0.1, 0.15) is 5.82 Å². The molecule has 1 aromatic heterocycles. The summed E-state index contributed by atoms with van der Waals surface area (Å²) in [7, 11) is 0. The molecule has 7 heteroatoms. The zero-order valence-corrected chi connectivity index (χ0v) is 11.8.